The topological polar surface area (TPSA) is 67.9 Å². The Kier molecular flexibility index (Phi) is 6.54. The molecule has 0 radical (unpaired) electrons. The summed E-state index contributed by atoms with van der Waals surface area (Å²) in [5.41, 5.74) is 1.56. The number of hydrogen-bond acceptors (Lipinski definition) is 5. The first-order valence-corrected chi connectivity index (χ1v) is 8.80. The summed E-state index contributed by atoms with van der Waals surface area (Å²) in [6.07, 6.45) is 0.534. The van der Waals surface area contributed by atoms with Crippen LogP contribution in [0, 0.1) is 0 Å². The molecule has 0 aliphatic rings. The lowest BCUT2D eigenvalue weighted by Gasteiger charge is -2.28. The van der Waals surface area contributed by atoms with E-state index in [1.165, 1.54) is 0 Å². The molecule has 134 valence electrons. The molecule has 1 N–H and O–H groups in total. The van der Waals surface area contributed by atoms with Gasteiger partial charge in [0.15, 0.2) is 0 Å². The molecule has 0 aliphatic heterocycles. The Morgan fingerprint density at radius 1 is 0.958 bits per heavy atom. The largest absolute Gasteiger partial charge is 0.443 e. The van der Waals surface area contributed by atoms with E-state index in [2.05, 4.69) is 5.43 Å². The predicted octanol–water partition coefficient (Wildman–Crippen LogP) is 4.59. The molecule has 0 heterocycles. The van der Waals surface area contributed by atoms with Crippen molar-refractivity contribution in [3.8, 4) is 0 Å². The summed E-state index contributed by atoms with van der Waals surface area (Å²) in [6.45, 7) is 10.5. The summed E-state index contributed by atoms with van der Waals surface area (Å²) in [5, 5.41) is 1.05. The Morgan fingerprint density at radius 2 is 1.46 bits per heavy atom. The minimum Gasteiger partial charge on any atom is -0.443 e. The number of anilines is 1. The van der Waals surface area contributed by atoms with Crippen molar-refractivity contribution in [2.75, 3.05) is 11.3 Å². The highest BCUT2D eigenvalue weighted by Gasteiger charge is 2.27. The molecule has 0 saturated heterocycles. The van der Waals surface area contributed by atoms with Crippen LogP contribution in [0.15, 0.2) is 29.2 Å². The summed E-state index contributed by atoms with van der Waals surface area (Å²) in [6, 6.07) is 7.17. The van der Waals surface area contributed by atoms with Gasteiger partial charge in [-0.25, -0.2) is 15.0 Å². The zero-order chi connectivity index (χ0) is 18.5. The van der Waals surface area contributed by atoms with Gasteiger partial charge in [-0.05, 0) is 72.1 Å². The predicted molar refractivity (Wildman–Crippen MR) is 96.3 cm³/mol. The second-order valence-electron chi connectivity index (χ2n) is 7.13. The number of rotatable bonds is 2. The van der Waals surface area contributed by atoms with E-state index in [0.717, 1.165) is 9.90 Å². The molecule has 0 aliphatic carbocycles. The second kappa shape index (κ2) is 7.79. The molecule has 0 spiro atoms. The van der Waals surface area contributed by atoms with Gasteiger partial charge in [-0.1, -0.05) is 0 Å². The van der Waals surface area contributed by atoms with Crippen LogP contribution in [-0.2, 0) is 9.47 Å². The van der Waals surface area contributed by atoms with E-state index in [-0.39, 0.29) is 0 Å². The average molecular weight is 354 g/mol. The van der Waals surface area contributed by atoms with Gasteiger partial charge in [-0.15, -0.1) is 11.8 Å². The van der Waals surface area contributed by atoms with E-state index in [0.29, 0.717) is 5.69 Å². The number of nitrogens with zero attached hydrogens (tertiary/aromatic N) is 1. The van der Waals surface area contributed by atoms with E-state index in [1.54, 1.807) is 65.4 Å². The van der Waals surface area contributed by atoms with Gasteiger partial charge in [0.25, 0.3) is 0 Å². The maximum absolute atomic E-state index is 12.4. The fourth-order valence-electron chi connectivity index (χ4n) is 1.65. The second-order valence-corrected chi connectivity index (χ2v) is 8.01. The lowest BCUT2D eigenvalue weighted by atomic mass is 10.2. The van der Waals surface area contributed by atoms with E-state index in [1.807, 2.05) is 18.4 Å². The van der Waals surface area contributed by atoms with Crippen LogP contribution in [0.3, 0.4) is 0 Å². The summed E-state index contributed by atoms with van der Waals surface area (Å²) in [4.78, 5) is 25.5. The number of hydrogen-bond donors (Lipinski definition) is 1. The average Bonchev–Trinajstić information content (AvgIpc) is 2.41. The fraction of sp³-hybridized carbons (Fsp3) is 0.529. The number of thioether (sulfide) groups is 1. The summed E-state index contributed by atoms with van der Waals surface area (Å²) in [7, 11) is 0. The number of benzene rings is 1. The summed E-state index contributed by atoms with van der Waals surface area (Å²) in [5.74, 6) is 0. The lowest BCUT2D eigenvalue weighted by Crippen LogP contribution is -2.50. The van der Waals surface area contributed by atoms with Crippen LogP contribution in [0.5, 0.6) is 0 Å². The normalized spacial score (nSPS) is 11.6. The SMILES string of the molecule is CSc1ccc(N(NC(=O)OC(C)(C)C)C(=O)OC(C)(C)C)cc1. The molecule has 0 bridgehead atoms. The molecular weight excluding hydrogens is 328 g/mol. The van der Waals surface area contributed by atoms with Crippen molar-refractivity contribution < 1.29 is 19.1 Å². The van der Waals surface area contributed by atoms with Crippen molar-refractivity contribution in [1.29, 1.82) is 0 Å². The van der Waals surface area contributed by atoms with Crippen LogP contribution in [0.4, 0.5) is 15.3 Å². The standard InChI is InChI=1S/C17H26N2O4S/c1-16(2,3)22-14(20)18-19(15(21)23-17(4,5)6)12-8-10-13(24-7)11-9-12/h8-11H,1-7H3,(H,18,20). The van der Waals surface area contributed by atoms with E-state index in [9.17, 15) is 9.59 Å². The van der Waals surface area contributed by atoms with E-state index >= 15 is 0 Å². The van der Waals surface area contributed by atoms with Crippen molar-refractivity contribution >= 4 is 29.6 Å². The Balaban J connectivity index is 3.02. The molecule has 0 aromatic heterocycles. The number of hydrazine groups is 1. The van der Waals surface area contributed by atoms with Crippen LogP contribution >= 0.6 is 11.8 Å². The molecule has 1 rings (SSSR count). The molecule has 1 aromatic rings. The highest BCUT2D eigenvalue weighted by atomic mass is 32.2. The van der Waals surface area contributed by atoms with E-state index < -0.39 is 23.4 Å². The molecule has 0 saturated carbocycles. The van der Waals surface area contributed by atoms with Gasteiger partial charge in [0.2, 0.25) is 0 Å². The van der Waals surface area contributed by atoms with Crippen LogP contribution in [0.1, 0.15) is 41.5 Å². The molecule has 24 heavy (non-hydrogen) atoms. The van der Waals surface area contributed by atoms with Crippen molar-refractivity contribution in [3.05, 3.63) is 24.3 Å². The van der Waals surface area contributed by atoms with Crippen molar-refractivity contribution in [2.24, 2.45) is 0 Å². The molecule has 0 fully saturated rings. The van der Waals surface area contributed by atoms with Gasteiger partial charge in [0, 0.05) is 4.90 Å². The van der Waals surface area contributed by atoms with Crippen LogP contribution in [-0.4, -0.2) is 29.6 Å². The summed E-state index contributed by atoms with van der Waals surface area (Å²) >= 11 is 1.58. The third kappa shape index (κ3) is 7.12. The lowest BCUT2D eigenvalue weighted by molar-refractivity contribution is 0.0425. The fourth-order valence-corrected chi connectivity index (χ4v) is 2.05. The zero-order valence-corrected chi connectivity index (χ0v) is 16.1. The third-order valence-electron chi connectivity index (χ3n) is 2.51. The van der Waals surface area contributed by atoms with Crippen molar-refractivity contribution in [3.63, 3.8) is 0 Å². The van der Waals surface area contributed by atoms with E-state index in [4.69, 9.17) is 9.47 Å². The molecule has 6 nitrogen and oxygen atoms in total. The Labute approximate surface area is 147 Å². The smallest absolute Gasteiger partial charge is 0.434 e. The number of nitrogens with one attached hydrogen (secondary N) is 1. The zero-order valence-electron chi connectivity index (χ0n) is 15.3. The van der Waals surface area contributed by atoms with Crippen molar-refractivity contribution in [1.82, 2.24) is 5.43 Å². The number of ether oxygens (including phenoxy) is 2. The minimum atomic E-state index is -0.734. The summed E-state index contributed by atoms with van der Waals surface area (Å²) < 4.78 is 10.6. The maximum atomic E-state index is 12.4. The van der Waals surface area contributed by atoms with Gasteiger partial charge in [0.1, 0.15) is 11.2 Å². The Bertz CT molecular complexity index is 574. The van der Waals surface area contributed by atoms with Crippen LogP contribution in [0.25, 0.3) is 0 Å². The van der Waals surface area contributed by atoms with Crippen LogP contribution in [0.2, 0.25) is 0 Å². The Morgan fingerprint density at radius 3 is 1.88 bits per heavy atom. The van der Waals surface area contributed by atoms with Gasteiger partial charge in [0.05, 0.1) is 5.69 Å². The first-order chi connectivity index (χ1) is 10.9. The number of amides is 2. The highest BCUT2D eigenvalue weighted by Crippen LogP contribution is 2.21. The van der Waals surface area contributed by atoms with Crippen molar-refractivity contribution in [2.45, 2.75) is 57.6 Å². The maximum Gasteiger partial charge on any atom is 0.434 e. The van der Waals surface area contributed by atoms with Crippen LogP contribution < -0.4 is 10.4 Å². The minimum absolute atomic E-state index is 0.480. The quantitative estimate of drug-likeness (QED) is 0.621. The molecule has 0 unspecified atom stereocenters. The molecule has 7 heteroatoms. The van der Waals surface area contributed by atoms with Gasteiger partial charge in [-0.3, -0.25) is 0 Å². The monoisotopic (exact) mass is 354 g/mol. The third-order valence-corrected chi connectivity index (χ3v) is 3.25. The first kappa shape index (κ1) is 20.2. The first-order valence-electron chi connectivity index (χ1n) is 7.58. The Hall–Kier alpha value is -1.89. The molecule has 0 atom stereocenters. The number of carbonyl (C=O) groups is 2. The molecular formula is C17H26N2O4S. The molecule has 2 amide bonds. The van der Waals surface area contributed by atoms with Gasteiger partial charge in [-0.2, -0.15) is 5.01 Å². The van der Waals surface area contributed by atoms with Gasteiger partial charge >= 0.3 is 12.2 Å². The van der Waals surface area contributed by atoms with Gasteiger partial charge < -0.3 is 9.47 Å². The number of carbonyl (C=O) groups excluding carboxylic acids is 2. The molecule has 1 aromatic carbocycles. The highest BCUT2D eigenvalue weighted by molar-refractivity contribution is 7.98.